The Morgan fingerprint density at radius 2 is 2.05 bits per heavy atom. The highest BCUT2D eigenvalue weighted by molar-refractivity contribution is 5.90. The van der Waals surface area contributed by atoms with Gasteiger partial charge in [-0.1, -0.05) is 6.07 Å². The third kappa shape index (κ3) is 2.75. The highest BCUT2D eigenvalue weighted by atomic mass is 19.1. The number of nitrogens with one attached hydrogen (secondary N) is 1. The number of carboxylic acid groups (broad SMARTS) is 1. The van der Waals surface area contributed by atoms with E-state index in [4.69, 9.17) is 10.4 Å². The van der Waals surface area contributed by atoms with E-state index in [2.05, 4.69) is 5.32 Å². The average molecular weight is 270 g/mol. The molecular formula is C15H11FN2O2. The Labute approximate surface area is 115 Å². The minimum atomic E-state index is -1.04. The van der Waals surface area contributed by atoms with Crippen molar-refractivity contribution >= 4 is 17.3 Å². The highest BCUT2D eigenvalue weighted by Gasteiger charge is 2.09. The van der Waals surface area contributed by atoms with Gasteiger partial charge in [0.15, 0.2) is 0 Å². The van der Waals surface area contributed by atoms with Crippen LogP contribution in [-0.2, 0) is 0 Å². The van der Waals surface area contributed by atoms with Crippen LogP contribution in [0.1, 0.15) is 21.5 Å². The molecule has 2 N–H and O–H groups in total. The van der Waals surface area contributed by atoms with Crippen LogP contribution >= 0.6 is 0 Å². The van der Waals surface area contributed by atoms with Gasteiger partial charge < -0.3 is 10.4 Å². The largest absolute Gasteiger partial charge is 0.478 e. The van der Waals surface area contributed by atoms with Crippen LogP contribution < -0.4 is 5.32 Å². The van der Waals surface area contributed by atoms with Crippen LogP contribution in [0.2, 0.25) is 0 Å². The van der Waals surface area contributed by atoms with Crippen LogP contribution in [0.4, 0.5) is 15.8 Å². The molecule has 2 aromatic carbocycles. The molecule has 4 nitrogen and oxygen atoms in total. The summed E-state index contributed by atoms with van der Waals surface area (Å²) in [5, 5.41) is 20.5. The molecular weight excluding hydrogens is 259 g/mol. The standard InChI is InChI=1S/C15H11FN2O2/c1-9-2-4-11(7-12(9)15(19)20)18-14-5-3-10(8-17)6-13(14)16/h2-7,18H,1H3,(H,19,20). The average Bonchev–Trinajstić information content (AvgIpc) is 2.42. The van der Waals surface area contributed by atoms with Crippen molar-refractivity contribution in [2.24, 2.45) is 0 Å². The number of rotatable bonds is 3. The van der Waals surface area contributed by atoms with E-state index in [1.165, 1.54) is 18.2 Å². The van der Waals surface area contributed by atoms with Crippen molar-refractivity contribution in [2.75, 3.05) is 5.32 Å². The summed E-state index contributed by atoms with van der Waals surface area (Å²) < 4.78 is 13.7. The van der Waals surface area contributed by atoms with Gasteiger partial charge in [-0.3, -0.25) is 0 Å². The molecule has 0 spiro atoms. The lowest BCUT2D eigenvalue weighted by molar-refractivity contribution is 0.0696. The van der Waals surface area contributed by atoms with Gasteiger partial charge in [0.05, 0.1) is 22.9 Å². The second-order valence-electron chi connectivity index (χ2n) is 4.27. The Hall–Kier alpha value is -2.87. The topological polar surface area (TPSA) is 73.1 Å². The van der Waals surface area contributed by atoms with Gasteiger partial charge in [-0.15, -0.1) is 0 Å². The Morgan fingerprint density at radius 3 is 2.65 bits per heavy atom. The Bertz CT molecular complexity index is 720. The van der Waals surface area contributed by atoms with E-state index in [9.17, 15) is 9.18 Å². The van der Waals surface area contributed by atoms with Crippen molar-refractivity contribution in [2.45, 2.75) is 6.92 Å². The van der Waals surface area contributed by atoms with Gasteiger partial charge in [0, 0.05) is 5.69 Å². The second kappa shape index (κ2) is 5.41. The molecule has 0 amide bonds. The number of nitriles is 1. The Balaban J connectivity index is 2.33. The summed E-state index contributed by atoms with van der Waals surface area (Å²) in [6.45, 7) is 1.69. The van der Waals surface area contributed by atoms with Gasteiger partial charge in [-0.25, -0.2) is 9.18 Å². The van der Waals surface area contributed by atoms with E-state index < -0.39 is 11.8 Å². The van der Waals surface area contributed by atoms with Crippen LogP contribution in [0.3, 0.4) is 0 Å². The van der Waals surface area contributed by atoms with Gasteiger partial charge >= 0.3 is 5.97 Å². The summed E-state index contributed by atoms with van der Waals surface area (Å²) in [5.74, 6) is -1.60. The molecule has 0 bridgehead atoms. The molecule has 0 aliphatic rings. The van der Waals surface area contributed by atoms with Crippen molar-refractivity contribution in [3.05, 3.63) is 58.9 Å². The van der Waals surface area contributed by atoms with Crippen LogP contribution in [0.15, 0.2) is 36.4 Å². The second-order valence-corrected chi connectivity index (χ2v) is 4.27. The molecule has 0 aliphatic carbocycles. The number of carboxylic acids is 1. The van der Waals surface area contributed by atoms with Crippen molar-refractivity contribution in [1.29, 1.82) is 5.26 Å². The third-order valence-electron chi connectivity index (χ3n) is 2.85. The lowest BCUT2D eigenvalue weighted by Gasteiger charge is -2.09. The smallest absolute Gasteiger partial charge is 0.336 e. The summed E-state index contributed by atoms with van der Waals surface area (Å²) in [4.78, 5) is 11.0. The van der Waals surface area contributed by atoms with Crippen LogP contribution in [0.5, 0.6) is 0 Å². The van der Waals surface area contributed by atoms with Crippen LogP contribution in [0, 0.1) is 24.1 Å². The summed E-state index contributed by atoms with van der Waals surface area (Å²) in [6, 6.07) is 10.6. The number of carbonyl (C=O) groups is 1. The molecule has 0 saturated heterocycles. The third-order valence-corrected chi connectivity index (χ3v) is 2.85. The number of aromatic carboxylic acids is 1. The number of benzene rings is 2. The van der Waals surface area contributed by atoms with E-state index in [1.807, 2.05) is 6.07 Å². The normalized spacial score (nSPS) is 9.85. The fraction of sp³-hybridized carbons (Fsp3) is 0.0667. The lowest BCUT2D eigenvalue weighted by Crippen LogP contribution is -2.01. The van der Waals surface area contributed by atoms with E-state index >= 15 is 0 Å². The number of nitrogens with zero attached hydrogens (tertiary/aromatic N) is 1. The minimum absolute atomic E-state index is 0.157. The minimum Gasteiger partial charge on any atom is -0.478 e. The molecule has 0 saturated carbocycles. The quantitative estimate of drug-likeness (QED) is 0.895. The van der Waals surface area contributed by atoms with Crippen molar-refractivity contribution in [1.82, 2.24) is 0 Å². The molecule has 0 fully saturated rings. The van der Waals surface area contributed by atoms with Gasteiger partial charge in [0.1, 0.15) is 5.82 Å². The first-order chi connectivity index (χ1) is 9.51. The molecule has 0 radical (unpaired) electrons. The Morgan fingerprint density at radius 1 is 1.30 bits per heavy atom. The van der Waals surface area contributed by atoms with Gasteiger partial charge in [-0.2, -0.15) is 5.26 Å². The number of aryl methyl sites for hydroxylation is 1. The fourth-order valence-corrected chi connectivity index (χ4v) is 1.77. The van der Waals surface area contributed by atoms with Crippen molar-refractivity contribution in [3.63, 3.8) is 0 Å². The van der Waals surface area contributed by atoms with Gasteiger partial charge in [0.2, 0.25) is 0 Å². The molecule has 0 atom stereocenters. The first-order valence-corrected chi connectivity index (χ1v) is 5.82. The monoisotopic (exact) mass is 270 g/mol. The molecule has 2 rings (SSSR count). The first-order valence-electron chi connectivity index (χ1n) is 5.82. The molecule has 0 aliphatic heterocycles. The van der Waals surface area contributed by atoms with Crippen molar-refractivity contribution < 1.29 is 14.3 Å². The summed E-state index contributed by atoms with van der Waals surface area (Å²) in [5.41, 5.74) is 1.66. The lowest BCUT2D eigenvalue weighted by atomic mass is 10.1. The zero-order valence-corrected chi connectivity index (χ0v) is 10.6. The van der Waals surface area contributed by atoms with E-state index in [-0.39, 0.29) is 16.8 Å². The molecule has 0 aromatic heterocycles. The van der Waals surface area contributed by atoms with Gasteiger partial charge in [0.25, 0.3) is 0 Å². The maximum Gasteiger partial charge on any atom is 0.336 e. The number of halogens is 1. The number of hydrogen-bond acceptors (Lipinski definition) is 3. The number of hydrogen-bond donors (Lipinski definition) is 2. The van der Waals surface area contributed by atoms with E-state index in [1.54, 1.807) is 19.1 Å². The molecule has 0 heterocycles. The summed E-state index contributed by atoms with van der Waals surface area (Å²) in [6.07, 6.45) is 0. The van der Waals surface area contributed by atoms with E-state index in [0.29, 0.717) is 11.3 Å². The zero-order valence-electron chi connectivity index (χ0n) is 10.6. The fourth-order valence-electron chi connectivity index (χ4n) is 1.77. The summed E-state index contributed by atoms with van der Waals surface area (Å²) in [7, 11) is 0. The molecule has 0 unspecified atom stereocenters. The molecule has 100 valence electrons. The summed E-state index contributed by atoms with van der Waals surface area (Å²) >= 11 is 0. The zero-order chi connectivity index (χ0) is 14.7. The predicted octanol–water partition coefficient (Wildman–Crippen LogP) is 3.45. The Kier molecular flexibility index (Phi) is 3.67. The molecule has 20 heavy (non-hydrogen) atoms. The predicted molar refractivity (Wildman–Crippen MR) is 72.5 cm³/mol. The van der Waals surface area contributed by atoms with E-state index in [0.717, 1.165) is 6.07 Å². The highest BCUT2D eigenvalue weighted by Crippen LogP contribution is 2.23. The number of anilines is 2. The van der Waals surface area contributed by atoms with Crippen LogP contribution in [0.25, 0.3) is 0 Å². The molecule has 5 heteroatoms. The SMILES string of the molecule is Cc1ccc(Nc2ccc(C#N)cc2F)cc1C(=O)O. The van der Waals surface area contributed by atoms with Crippen molar-refractivity contribution in [3.8, 4) is 6.07 Å². The maximum absolute atomic E-state index is 13.7. The maximum atomic E-state index is 13.7. The first kappa shape index (κ1) is 13.6. The van der Waals surface area contributed by atoms with Gasteiger partial charge in [-0.05, 0) is 42.8 Å². The van der Waals surface area contributed by atoms with Crippen LogP contribution in [-0.4, -0.2) is 11.1 Å². The molecule has 2 aromatic rings.